The largest absolute Gasteiger partial charge is 0.335 e. The lowest BCUT2D eigenvalue weighted by Crippen LogP contribution is -2.44. The summed E-state index contributed by atoms with van der Waals surface area (Å²) in [5.41, 5.74) is 0. The molecule has 1 fully saturated rings. The molecule has 0 aliphatic heterocycles. The van der Waals surface area contributed by atoms with Crippen LogP contribution < -0.4 is 5.32 Å². The fourth-order valence-corrected chi connectivity index (χ4v) is 2.01. The van der Waals surface area contributed by atoms with Crippen molar-refractivity contribution < 1.29 is 4.79 Å². The van der Waals surface area contributed by atoms with E-state index in [1.54, 1.807) is 11.9 Å². The first-order valence-electron chi connectivity index (χ1n) is 5.31. The molecule has 4 heteroatoms. The lowest BCUT2D eigenvalue weighted by molar-refractivity contribution is 0.203. The molecule has 14 heavy (non-hydrogen) atoms. The topological polar surface area (TPSA) is 32.3 Å². The van der Waals surface area contributed by atoms with Crippen molar-refractivity contribution in [3.05, 3.63) is 0 Å². The molecule has 0 heterocycles. The van der Waals surface area contributed by atoms with E-state index < -0.39 is 0 Å². The molecule has 1 aliphatic rings. The molecule has 0 bridgehead atoms. The first-order chi connectivity index (χ1) is 6.74. The molecule has 0 atom stereocenters. The first kappa shape index (κ1) is 11.6. The third-order valence-corrected chi connectivity index (χ3v) is 2.87. The first-order valence-corrected chi connectivity index (χ1v) is 5.85. The van der Waals surface area contributed by atoms with E-state index in [-0.39, 0.29) is 6.03 Å². The van der Waals surface area contributed by atoms with Gasteiger partial charge in [0, 0.05) is 25.5 Å². The predicted molar refractivity (Wildman–Crippen MR) is 58.8 cm³/mol. The summed E-state index contributed by atoms with van der Waals surface area (Å²) in [6, 6.07) is 0.395. The zero-order chi connectivity index (χ0) is 10.4. The van der Waals surface area contributed by atoms with Crippen LogP contribution in [0.15, 0.2) is 0 Å². The van der Waals surface area contributed by atoms with Crippen molar-refractivity contribution in [2.24, 2.45) is 0 Å². The molecule has 0 aromatic rings. The molecule has 0 saturated heterocycles. The molecule has 0 spiro atoms. The maximum atomic E-state index is 11.6. The van der Waals surface area contributed by atoms with Gasteiger partial charge in [-0.1, -0.05) is 19.3 Å². The third-order valence-electron chi connectivity index (χ3n) is 2.70. The van der Waals surface area contributed by atoms with Gasteiger partial charge in [0.05, 0.1) is 0 Å². The summed E-state index contributed by atoms with van der Waals surface area (Å²) < 4.78 is 0. The summed E-state index contributed by atoms with van der Waals surface area (Å²) in [6.07, 6.45) is 6.04. The summed E-state index contributed by atoms with van der Waals surface area (Å²) in [5.74, 6) is 0.495. The molecular weight excluding hydrogens is 200 g/mol. The molecule has 1 aliphatic carbocycles. The second-order valence-corrected chi connectivity index (χ2v) is 4.27. The summed E-state index contributed by atoms with van der Waals surface area (Å²) in [5, 5.41) is 3.03. The normalized spacial score (nSPS) is 17.9. The Labute approximate surface area is 90.8 Å². The Morgan fingerprint density at radius 2 is 2.07 bits per heavy atom. The van der Waals surface area contributed by atoms with Crippen molar-refractivity contribution in [1.29, 1.82) is 0 Å². The van der Waals surface area contributed by atoms with Crippen LogP contribution in [0.4, 0.5) is 4.79 Å². The quantitative estimate of drug-likeness (QED) is 0.724. The van der Waals surface area contributed by atoms with Gasteiger partial charge in [0.1, 0.15) is 0 Å². The van der Waals surface area contributed by atoms with Crippen LogP contribution in [-0.4, -0.2) is 36.4 Å². The highest BCUT2D eigenvalue weighted by Crippen LogP contribution is 2.17. The van der Waals surface area contributed by atoms with Gasteiger partial charge in [-0.05, 0) is 12.8 Å². The zero-order valence-corrected chi connectivity index (χ0v) is 9.52. The Bertz CT molecular complexity index is 181. The molecule has 1 saturated carbocycles. The third kappa shape index (κ3) is 3.74. The van der Waals surface area contributed by atoms with Gasteiger partial charge in [-0.3, -0.25) is 0 Å². The number of carbonyl (C=O) groups is 1. The molecule has 82 valence electrons. The van der Waals surface area contributed by atoms with E-state index in [0.717, 1.165) is 12.8 Å². The number of carbonyl (C=O) groups excluding carboxylic acids is 1. The van der Waals surface area contributed by atoms with Gasteiger partial charge in [0.25, 0.3) is 0 Å². The summed E-state index contributed by atoms with van der Waals surface area (Å²) in [7, 11) is 1.78. The van der Waals surface area contributed by atoms with E-state index in [1.807, 2.05) is 0 Å². The van der Waals surface area contributed by atoms with Gasteiger partial charge < -0.3 is 10.2 Å². The second-order valence-electron chi connectivity index (χ2n) is 3.89. The van der Waals surface area contributed by atoms with E-state index in [1.165, 1.54) is 19.3 Å². The standard InChI is InChI=1S/C10H19ClN2O/c1-13(8-7-11)10(14)12-9-5-3-2-4-6-9/h9H,2-8H2,1H3,(H,12,14). The zero-order valence-electron chi connectivity index (χ0n) is 8.76. The second kappa shape index (κ2) is 6.12. The molecular formula is C10H19ClN2O. The maximum Gasteiger partial charge on any atom is 0.317 e. The van der Waals surface area contributed by atoms with Crippen LogP contribution in [0.3, 0.4) is 0 Å². The lowest BCUT2D eigenvalue weighted by atomic mass is 9.96. The number of nitrogens with one attached hydrogen (secondary N) is 1. The minimum absolute atomic E-state index is 0.0116. The summed E-state index contributed by atoms with van der Waals surface area (Å²) >= 11 is 5.56. The van der Waals surface area contributed by atoms with Crippen LogP contribution in [0.25, 0.3) is 0 Å². The van der Waals surface area contributed by atoms with Gasteiger partial charge in [-0.25, -0.2) is 4.79 Å². The highest BCUT2D eigenvalue weighted by atomic mass is 35.5. The molecule has 0 aromatic heterocycles. The van der Waals surface area contributed by atoms with Crippen LogP contribution in [0.1, 0.15) is 32.1 Å². The number of rotatable bonds is 3. The van der Waals surface area contributed by atoms with Crippen LogP contribution >= 0.6 is 11.6 Å². The minimum atomic E-state index is 0.0116. The number of nitrogens with zero attached hydrogens (tertiary/aromatic N) is 1. The Balaban J connectivity index is 2.24. The van der Waals surface area contributed by atoms with Crippen LogP contribution in [-0.2, 0) is 0 Å². The van der Waals surface area contributed by atoms with Crippen molar-refractivity contribution in [3.63, 3.8) is 0 Å². The Hall–Kier alpha value is -0.440. The Kier molecular flexibility index (Phi) is 5.09. The van der Waals surface area contributed by atoms with Crippen molar-refractivity contribution in [2.45, 2.75) is 38.1 Å². The van der Waals surface area contributed by atoms with Crippen LogP contribution in [0, 0.1) is 0 Å². The highest BCUT2D eigenvalue weighted by Gasteiger charge is 2.17. The Morgan fingerprint density at radius 3 is 2.64 bits per heavy atom. The van der Waals surface area contributed by atoms with Gasteiger partial charge in [-0.15, -0.1) is 11.6 Å². The average Bonchev–Trinajstić information content (AvgIpc) is 2.19. The van der Waals surface area contributed by atoms with E-state index in [4.69, 9.17) is 11.6 Å². The smallest absolute Gasteiger partial charge is 0.317 e. The number of hydrogen-bond acceptors (Lipinski definition) is 1. The van der Waals surface area contributed by atoms with Crippen molar-refractivity contribution in [1.82, 2.24) is 10.2 Å². The summed E-state index contributed by atoms with van der Waals surface area (Å²) in [6.45, 7) is 0.611. The maximum absolute atomic E-state index is 11.6. The van der Waals surface area contributed by atoms with Crippen molar-refractivity contribution >= 4 is 17.6 Å². The van der Waals surface area contributed by atoms with Gasteiger partial charge in [0.15, 0.2) is 0 Å². The highest BCUT2D eigenvalue weighted by molar-refractivity contribution is 6.18. The minimum Gasteiger partial charge on any atom is -0.335 e. The number of hydrogen-bond donors (Lipinski definition) is 1. The fourth-order valence-electron chi connectivity index (χ4n) is 1.76. The predicted octanol–water partition coefficient (Wildman–Crippen LogP) is 2.20. The summed E-state index contributed by atoms with van der Waals surface area (Å²) in [4.78, 5) is 13.2. The van der Waals surface area contributed by atoms with Gasteiger partial charge in [-0.2, -0.15) is 0 Å². The molecule has 3 nitrogen and oxygen atoms in total. The number of halogens is 1. The molecule has 2 amide bonds. The van der Waals surface area contributed by atoms with Crippen molar-refractivity contribution in [3.8, 4) is 0 Å². The van der Waals surface area contributed by atoms with Gasteiger partial charge >= 0.3 is 6.03 Å². The molecule has 1 N–H and O–H groups in total. The average molecular weight is 219 g/mol. The monoisotopic (exact) mass is 218 g/mol. The van der Waals surface area contributed by atoms with Crippen LogP contribution in [0.5, 0.6) is 0 Å². The van der Waals surface area contributed by atoms with E-state index in [9.17, 15) is 4.79 Å². The molecule has 0 radical (unpaired) electrons. The molecule has 1 rings (SSSR count). The lowest BCUT2D eigenvalue weighted by Gasteiger charge is -2.25. The number of amides is 2. The number of alkyl halides is 1. The van der Waals surface area contributed by atoms with E-state index >= 15 is 0 Å². The van der Waals surface area contributed by atoms with Crippen LogP contribution in [0.2, 0.25) is 0 Å². The SMILES string of the molecule is CN(CCCl)C(=O)NC1CCCCC1. The molecule has 0 aromatic carbocycles. The van der Waals surface area contributed by atoms with Gasteiger partial charge in [0.2, 0.25) is 0 Å². The molecule has 0 unspecified atom stereocenters. The van der Waals surface area contributed by atoms with E-state index in [0.29, 0.717) is 18.5 Å². The van der Waals surface area contributed by atoms with Crippen molar-refractivity contribution in [2.75, 3.05) is 19.5 Å². The van der Waals surface area contributed by atoms with E-state index in [2.05, 4.69) is 5.32 Å². The number of urea groups is 1. The fraction of sp³-hybridized carbons (Fsp3) is 0.900. The Morgan fingerprint density at radius 1 is 1.43 bits per heavy atom.